The Hall–Kier alpha value is 0.190. The Morgan fingerprint density at radius 2 is 0.842 bits per heavy atom. The largest absolute Gasteiger partial charge is 0.341 e. The summed E-state index contributed by atoms with van der Waals surface area (Å²) in [7, 11) is 0. The van der Waals surface area contributed by atoms with E-state index in [9.17, 15) is 0 Å². The van der Waals surface area contributed by atoms with Gasteiger partial charge in [0.15, 0.2) is 0 Å². The Labute approximate surface area is 122 Å². The summed E-state index contributed by atoms with van der Waals surface area (Å²) in [5.41, 5.74) is 0. The molecule has 5 heteroatoms. The van der Waals surface area contributed by atoms with Crippen molar-refractivity contribution < 1.29 is 18.9 Å². The van der Waals surface area contributed by atoms with Crippen LogP contribution in [-0.4, -0.2) is 36.7 Å². The molecular weight excluding hydrogens is 264 g/mol. The first-order valence-electron chi connectivity index (χ1n) is 7.33. The number of ether oxygens (including phenoxy) is 4. The van der Waals surface area contributed by atoms with Crippen LogP contribution < -0.4 is 0 Å². The van der Waals surface area contributed by atoms with Crippen LogP contribution in [0.3, 0.4) is 0 Å². The van der Waals surface area contributed by atoms with Crippen LogP contribution in [0.4, 0.5) is 0 Å². The first kappa shape index (κ1) is 19.2. The quantitative estimate of drug-likeness (QED) is 0.509. The molecule has 0 amide bonds. The maximum absolute atomic E-state index is 5.85. The van der Waals surface area contributed by atoms with Gasteiger partial charge in [-0.2, -0.15) is 0 Å². The van der Waals surface area contributed by atoms with Gasteiger partial charge in [0.2, 0.25) is 10.2 Å². The third kappa shape index (κ3) is 6.00. The molecular formula is C14H30O4S. The molecule has 0 aromatic heterocycles. The van der Waals surface area contributed by atoms with Crippen LogP contribution in [0.25, 0.3) is 0 Å². The van der Waals surface area contributed by atoms with Gasteiger partial charge in [-0.05, 0) is 39.5 Å². The van der Waals surface area contributed by atoms with Crippen LogP contribution in [0.15, 0.2) is 0 Å². The van der Waals surface area contributed by atoms with Crippen LogP contribution in [0.1, 0.15) is 54.4 Å². The van der Waals surface area contributed by atoms with Crippen LogP contribution in [0.5, 0.6) is 0 Å². The zero-order valence-corrected chi connectivity index (χ0v) is 14.1. The topological polar surface area (TPSA) is 36.9 Å². The Morgan fingerprint density at radius 3 is 1.00 bits per heavy atom. The summed E-state index contributed by atoms with van der Waals surface area (Å²) in [6.45, 7) is 14.4. The monoisotopic (exact) mass is 294 g/mol. The molecule has 0 aromatic carbocycles. The molecule has 0 atom stereocenters. The highest BCUT2D eigenvalue weighted by Gasteiger charge is 2.43. The van der Waals surface area contributed by atoms with Crippen molar-refractivity contribution in [1.82, 2.24) is 0 Å². The van der Waals surface area contributed by atoms with Gasteiger partial charge in [0.05, 0.1) is 0 Å². The molecule has 0 aliphatic carbocycles. The van der Waals surface area contributed by atoms with Crippen molar-refractivity contribution in [2.24, 2.45) is 0 Å². The fraction of sp³-hybridized carbons (Fsp3) is 1.00. The molecule has 116 valence electrons. The summed E-state index contributed by atoms with van der Waals surface area (Å²) >= 11 is 1.49. The highest BCUT2D eigenvalue weighted by atomic mass is 32.2. The van der Waals surface area contributed by atoms with Crippen molar-refractivity contribution in [3.05, 3.63) is 0 Å². The van der Waals surface area contributed by atoms with Crippen molar-refractivity contribution in [1.29, 1.82) is 0 Å². The minimum absolute atomic E-state index is 0.596. The van der Waals surface area contributed by atoms with Crippen LogP contribution >= 0.6 is 11.8 Å². The smallest absolute Gasteiger partial charge is 0.222 e. The SMILES string of the molecule is CCOC(CC)(OCC)SC(CC)(OCC)OCC. The maximum atomic E-state index is 5.85. The van der Waals surface area contributed by atoms with Crippen LogP contribution in [0.2, 0.25) is 0 Å². The average molecular weight is 294 g/mol. The maximum Gasteiger partial charge on any atom is 0.222 e. The Morgan fingerprint density at radius 1 is 0.579 bits per heavy atom. The van der Waals surface area contributed by atoms with Gasteiger partial charge in [0.25, 0.3) is 0 Å². The van der Waals surface area contributed by atoms with Crippen LogP contribution in [0, 0.1) is 0 Å². The standard InChI is InChI=1S/C14H30O4S/c1-7-13(15-9-3,16-10-4)19-14(8-2,17-11-5)18-12-6/h7-12H2,1-6H3. The Balaban J connectivity index is 5.08. The second-order valence-corrected chi connectivity index (χ2v) is 5.36. The van der Waals surface area contributed by atoms with E-state index in [1.54, 1.807) is 0 Å². The molecule has 4 nitrogen and oxygen atoms in total. The molecule has 0 saturated carbocycles. The van der Waals surface area contributed by atoms with Crippen molar-refractivity contribution in [2.45, 2.75) is 64.6 Å². The predicted octanol–water partition coefficient (Wildman–Crippen LogP) is 3.99. The summed E-state index contributed by atoms with van der Waals surface area (Å²) in [6, 6.07) is 0. The van der Waals surface area contributed by atoms with E-state index in [1.165, 1.54) is 11.8 Å². The average Bonchev–Trinajstić information content (AvgIpc) is 2.39. The molecule has 0 fully saturated rings. The molecule has 0 N–H and O–H groups in total. The molecule has 0 spiro atoms. The lowest BCUT2D eigenvalue weighted by molar-refractivity contribution is -0.194. The molecule has 0 radical (unpaired) electrons. The number of hydrogen-bond acceptors (Lipinski definition) is 5. The molecule has 0 saturated heterocycles. The number of hydrogen-bond donors (Lipinski definition) is 0. The lowest BCUT2D eigenvalue weighted by atomic mass is 10.4. The fourth-order valence-electron chi connectivity index (χ4n) is 1.87. The van der Waals surface area contributed by atoms with E-state index >= 15 is 0 Å². The molecule has 0 bridgehead atoms. The van der Waals surface area contributed by atoms with E-state index in [0.717, 1.165) is 12.8 Å². The van der Waals surface area contributed by atoms with E-state index in [0.29, 0.717) is 26.4 Å². The minimum Gasteiger partial charge on any atom is -0.341 e. The van der Waals surface area contributed by atoms with Gasteiger partial charge in [0.1, 0.15) is 0 Å². The van der Waals surface area contributed by atoms with Gasteiger partial charge in [-0.3, -0.25) is 0 Å². The first-order chi connectivity index (χ1) is 9.07. The molecule has 0 aliphatic rings. The molecule has 0 rings (SSSR count). The predicted molar refractivity (Wildman–Crippen MR) is 80.1 cm³/mol. The van der Waals surface area contributed by atoms with Gasteiger partial charge in [-0.15, -0.1) is 0 Å². The highest BCUT2D eigenvalue weighted by molar-refractivity contribution is 8.01. The zero-order chi connectivity index (χ0) is 14.8. The van der Waals surface area contributed by atoms with Crippen molar-refractivity contribution >= 4 is 11.8 Å². The lowest BCUT2D eigenvalue weighted by Crippen LogP contribution is -2.42. The van der Waals surface area contributed by atoms with Gasteiger partial charge >= 0.3 is 0 Å². The molecule has 0 unspecified atom stereocenters. The van der Waals surface area contributed by atoms with E-state index in [-0.39, 0.29) is 0 Å². The number of rotatable bonds is 12. The second-order valence-electron chi connectivity index (χ2n) is 3.91. The minimum atomic E-state index is -0.705. The van der Waals surface area contributed by atoms with Crippen LogP contribution in [-0.2, 0) is 18.9 Å². The van der Waals surface area contributed by atoms with Gasteiger partial charge in [0, 0.05) is 39.3 Å². The summed E-state index contributed by atoms with van der Waals surface area (Å²) < 4.78 is 23.4. The fourth-order valence-corrected chi connectivity index (χ4v) is 3.34. The highest BCUT2D eigenvalue weighted by Crippen LogP contribution is 2.44. The van der Waals surface area contributed by atoms with Crippen molar-refractivity contribution in [2.75, 3.05) is 26.4 Å². The van der Waals surface area contributed by atoms with E-state index in [1.807, 2.05) is 27.7 Å². The molecule has 0 aromatic rings. The second kappa shape index (κ2) is 10.00. The van der Waals surface area contributed by atoms with E-state index < -0.39 is 10.2 Å². The van der Waals surface area contributed by atoms with Gasteiger partial charge < -0.3 is 18.9 Å². The molecule has 19 heavy (non-hydrogen) atoms. The lowest BCUT2D eigenvalue weighted by Gasteiger charge is -2.40. The summed E-state index contributed by atoms with van der Waals surface area (Å²) in [6.07, 6.45) is 1.47. The summed E-state index contributed by atoms with van der Waals surface area (Å²) in [5, 5.41) is -1.41. The van der Waals surface area contributed by atoms with E-state index in [4.69, 9.17) is 18.9 Å². The third-order valence-electron chi connectivity index (χ3n) is 2.63. The number of thioether (sulfide) groups is 1. The summed E-state index contributed by atoms with van der Waals surface area (Å²) in [4.78, 5) is 0. The summed E-state index contributed by atoms with van der Waals surface area (Å²) in [5.74, 6) is 0. The van der Waals surface area contributed by atoms with Crippen molar-refractivity contribution in [3.8, 4) is 0 Å². The molecule has 0 aliphatic heterocycles. The Kier molecular flexibility index (Phi) is 10.1. The van der Waals surface area contributed by atoms with E-state index in [2.05, 4.69) is 13.8 Å². The third-order valence-corrected chi connectivity index (χ3v) is 4.30. The van der Waals surface area contributed by atoms with Crippen molar-refractivity contribution in [3.63, 3.8) is 0 Å². The zero-order valence-electron chi connectivity index (χ0n) is 13.3. The van der Waals surface area contributed by atoms with Gasteiger partial charge in [-0.25, -0.2) is 0 Å². The molecule has 0 heterocycles. The Bertz CT molecular complexity index is 189. The normalized spacial score (nSPS) is 12.9. The first-order valence-corrected chi connectivity index (χ1v) is 8.15. The van der Waals surface area contributed by atoms with Gasteiger partial charge in [-0.1, -0.05) is 13.8 Å².